The molecular weight excluding hydrogens is 341 g/mol. The summed E-state index contributed by atoms with van der Waals surface area (Å²) in [5.41, 5.74) is 6.53. The second kappa shape index (κ2) is 6.29. The number of aromatic nitrogens is 1. The van der Waals surface area contributed by atoms with Gasteiger partial charge in [-0.2, -0.15) is 5.10 Å². The monoisotopic (exact) mass is 351 g/mol. The summed E-state index contributed by atoms with van der Waals surface area (Å²) in [4.78, 5) is 4.38. The van der Waals surface area contributed by atoms with Crippen molar-refractivity contribution in [3.05, 3.63) is 63.9 Å². The van der Waals surface area contributed by atoms with Crippen molar-refractivity contribution in [3.63, 3.8) is 0 Å². The fourth-order valence-electron chi connectivity index (χ4n) is 2.40. The van der Waals surface area contributed by atoms with Gasteiger partial charge in [0.05, 0.1) is 16.4 Å². The van der Waals surface area contributed by atoms with Gasteiger partial charge in [-0.1, -0.05) is 46.9 Å². The fraction of sp³-hybridized carbons (Fsp3) is 0.125. The van der Waals surface area contributed by atoms with Crippen LogP contribution in [0.5, 0.6) is 0 Å². The molecule has 0 spiro atoms. The molecule has 0 saturated heterocycles. The lowest BCUT2D eigenvalue weighted by Crippen LogP contribution is -2.28. The second-order valence-electron chi connectivity index (χ2n) is 4.82. The SMILES string of the molecule is CC1=NNC(Cl)C(c2ncccc2Cl)=C1c1ccc(Cl)cc1. The van der Waals surface area contributed by atoms with Gasteiger partial charge in [0.2, 0.25) is 0 Å². The highest BCUT2D eigenvalue weighted by atomic mass is 35.5. The first-order chi connectivity index (χ1) is 10.6. The van der Waals surface area contributed by atoms with E-state index in [9.17, 15) is 0 Å². The Balaban J connectivity index is 2.27. The molecule has 1 aromatic carbocycles. The van der Waals surface area contributed by atoms with Gasteiger partial charge >= 0.3 is 0 Å². The molecule has 0 amide bonds. The number of nitrogens with zero attached hydrogens (tertiary/aromatic N) is 2. The van der Waals surface area contributed by atoms with Crippen LogP contribution in [-0.4, -0.2) is 16.2 Å². The van der Waals surface area contributed by atoms with Crippen LogP contribution in [0.3, 0.4) is 0 Å². The molecule has 3 nitrogen and oxygen atoms in total. The Kier molecular flexibility index (Phi) is 4.39. The van der Waals surface area contributed by atoms with Gasteiger partial charge in [0.15, 0.2) is 0 Å². The number of hydrogen-bond acceptors (Lipinski definition) is 3. The van der Waals surface area contributed by atoms with E-state index in [-0.39, 0.29) is 0 Å². The Morgan fingerprint density at radius 3 is 2.50 bits per heavy atom. The van der Waals surface area contributed by atoms with Gasteiger partial charge in [-0.15, -0.1) is 0 Å². The molecule has 6 heteroatoms. The molecule has 22 heavy (non-hydrogen) atoms. The van der Waals surface area contributed by atoms with E-state index in [0.29, 0.717) is 15.7 Å². The number of alkyl halides is 1. The number of halogens is 3. The third kappa shape index (κ3) is 2.84. The zero-order valence-corrected chi connectivity index (χ0v) is 13.9. The molecule has 1 aliphatic rings. The maximum atomic E-state index is 6.43. The molecule has 1 aliphatic heterocycles. The molecule has 1 atom stereocenters. The summed E-state index contributed by atoms with van der Waals surface area (Å²) in [6, 6.07) is 11.1. The minimum absolute atomic E-state index is 0.512. The average molecular weight is 353 g/mol. The summed E-state index contributed by atoms with van der Waals surface area (Å²) >= 11 is 18.7. The van der Waals surface area contributed by atoms with Crippen molar-refractivity contribution in [3.8, 4) is 0 Å². The molecule has 2 aromatic rings. The van der Waals surface area contributed by atoms with Crippen molar-refractivity contribution >= 4 is 51.7 Å². The molecule has 1 aromatic heterocycles. The van der Waals surface area contributed by atoms with Gasteiger partial charge in [0.25, 0.3) is 0 Å². The minimum atomic E-state index is -0.512. The van der Waals surface area contributed by atoms with Gasteiger partial charge < -0.3 is 0 Å². The van der Waals surface area contributed by atoms with Gasteiger partial charge in [-0.25, -0.2) is 0 Å². The summed E-state index contributed by atoms with van der Waals surface area (Å²) < 4.78 is 0. The second-order valence-corrected chi connectivity index (χ2v) is 6.10. The van der Waals surface area contributed by atoms with Crippen LogP contribution < -0.4 is 5.43 Å². The summed E-state index contributed by atoms with van der Waals surface area (Å²) in [5, 5.41) is 5.49. The van der Waals surface area contributed by atoms with Crippen molar-refractivity contribution < 1.29 is 0 Å². The normalized spacial score (nSPS) is 18.0. The van der Waals surface area contributed by atoms with E-state index in [2.05, 4.69) is 15.5 Å². The molecular formula is C16H12Cl3N3. The molecule has 2 heterocycles. The molecule has 1 N–H and O–H groups in total. The van der Waals surface area contributed by atoms with Crippen LogP contribution in [0.2, 0.25) is 10.0 Å². The predicted molar refractivity (Wildman–Crippen MR) is 93.4 cm³/mol. The molecule has 0 fully saturated rings. The maximum Gasteiger partial charge on any atom is 0.145 e. The lowest BCUT2D eigenvalue weighted by molar-refractivity contribution is 0.777. The highest BCUT2D eigenvalue weighted by Crippen LogP contribution is 2.36. The summed E-state index contributed by atoms with van der Waals surface area (Å²) in [6.07, 6.45) is 1.69. The fourth-order valence-corrected chi connectivity index (χ4v) is 3.01. The van der Waals surface area contributed by atoms with Crippen LogP contribution in [0.1, 0.15) is 18.2 Å². The van der Waals surface area contributed by atoms with Crippen molar-refractivity contribution in [2.75, 3.05) is 0 Å². The number of pyridine rings is 1. The number of allylic oxidation sites excluding steroid dienone is 1. The average Bonchev–Trinajstić information content (AvgIpc) is 2.51. The Labute approximate surface area is 143 Å². The van der Waals surface area contributed by atoms with Crippen LogP contribution in [-0.2, 0) is 0 Å². The third-order valence-electron chi connectivity index (χ3n) is 3.38. The standard InChI is InChI=1S/C16H12Cl3N3/c1-9-13(10-4-6-11(17)7-5-10)14(16(19)22-21-9)15-12(18)3-2-8-20-15/h2-8,16,22H,1H3. The van der Waals surface area contributed by atoms with Crippen molar-refractivity contribution in [2.45, 2.75) is 12.4 Å². The molecule has 0 radical (unpaired) electrons. The van der Waals surface area contributed by atoms with Gasteiger partial charge in [-0.05, 0) is 36.8 Å². The van der Waals surface area contributed by atoms with Gasteiger partial charge in [0.1, 0.15) is 5.50 Å². The topological polar surface area (TPSA) is 37.3 Å². The Morgan fingerprint density at radius 1 is 1.09 bits per heavy atom. The quantitative estimate of drug-likeness (QED) is 0.620. The number of nitrogens with one attached hydrogen (secondary N) is 1. The number of benzene rings is 1. The first-order valence-electron chi connectivity index (χ1n) is 6.63. The van der Waals surface area contributed by atoms with E-state index >= 15 is 0 Å². The van der Waals surface area contributed by atoms with E-state index in [4.69, 9.17) is 34.8 Å². The van der Waals surface area contributed by atoms with Crippen molar-refractivity contribution in [1.82, 2.24) is 10.4 Å². The Morgan fingerprint density at radius 2 is 1.82 bits per heavy atom. The van der Waals surface area contributed by atoms with Crippen LogP contribution >= 0.6 is 34.8 Å². The zero-order valence-electron chi connectivity index (χ0n) is 11.6. The maximum absolute atomic E-state index is 6.43. The van der Waals surface area contributed by atoms with E-state index in [1.165, 1.54) is 0 Å². The van der Waals surface area contributed by atoms with E-state index in [0.717, 1.165) is 22.4 Å². The predicted octanol–water partition coefficient (Wildman–Crippen LogP) is 4.84. The summed E-state index contributed by atoms with van der Waals surface area (Å²) in [7, 11) is 0. The van der Waals surface area contributed by atoms with E-state index in [1.807, 2.05) is 31.2 Å². The van der Waals surface area contributed by atoms with Crippen LogP contribution in [0.25, 0.3) is 11.1 Å². The van der Waals surface area contributed by atoms with E-state index < -0.39 is 5.50 Å². The summed E-state index contributed by atoms with van der Waals surface area (Å²) in [5.74, 6) is 0. The lowest BCUT2D eigenvalue weighted by Gasteiger charge is -2.24. The molecule has 0 saturated carbocycles. The summed E-state index contributed by atoms with van der Waals surface area (Å²) in [6.45, 7) is 1.91. The first kappa shape index (κ1) is 15.3. The number of rotatable bonds is 2. The molecule has 1 unspecified atom stereocenters. The minimum Gasteiger partial charge on any atom is -0.287 e. The van der Waals surface area contributed by atoms with Crippen molar-refractivity contribution in [1.29, 1.82) is 0 Å². The highest BCUT2D eigenvalue weighted by Gasteiger charge is 2.27. The van der Waals surface area contributed by atoms with Gasteiger partial charge in [-0.3, -0.25) is 10.4 Å². The zero-order chi connectivity index (χ0) is 15.7. The van der Waals surface area contributed by atoms with Crippen molar-refractivity contribution in [2.24, 2.45) is 5.10 Å². The van der Waals surface area contributed by atoms with Crippen LogP contribution in [0.4, 0.5) is 0 Å². The first-order valence-corrected chi connectivity index (χ1v) is 7.82. The van der Waals surface area contributed by atoms with Crippen LogP contribution in [0, 0.1) is 0 Å². The lowest BCUT2D eigenvalue weighted by atomic mass is 9.93. The van der Waals surface area contributed by atoms with Gasteiger partial charge in [0, 0.05) is 22.4 Å². The largest absolute Gasteiger partial charge is 0.287 e. The molecule has 0 bridgehead atoms. The molecule has 112 valence electrons. The Bertz CT molecular complexity index is 766. The molecule has 0 aliphatic carbocycles. The highest BCUT2D eigenvalue weighted by molar-refractivity contribution is 6.39. The smallest absolute Gasteiger partial charge is 0.145 e. The Hall–Kier alpha value is -1.55. The third-order valence-corrected chi connectivity index (χ3v) is 4.25. The number of hydrazone groups is 1. The molecule has 3 rings (SSSR count). The van der Waals surface area contributed by atoms with E-state index in [1.54, 1.807) is 18.3 Å². The van der Waals surface area contributed by atoms with Crippen LogP contribution in [0.15, 0.2) is 47.7 Å². The number of hydrogen-bond donors (Lipinski definition) is 1.